The molecule has 2 aromatic heterocycles. The molecule has 2 heterocycles. The fourth-order valence-corrected chi connectivity index (χ4v) is 3.52. The van der Waals surface area contributed by atoms with Gasteiger partial charge in [0.2, 0.25) is 5.95 Å². The summed E-state index contributed by atoms with van der Waals surface area (Å²) in [5.41, 5.74) is 1.92. The predicted molar refractivity (Wildman–Crippen MR) is 115 cm³/mol. The van der Waals surface area contributed by atoms with Crippen molar-refractivity contribution in [2.75, 3.05) is 0 Å². The van der Waals surface area contributed by atoms with Crippen LogP contribution in [0.4, 0.5) is 0 Å². The van der Waals surface area contributed by atoms with Crippen molar-refractivity contribution >= 4 is 26.7 Å². The zero-order chi connectivity index (χ0) is 18.9. The van der Waals surface area contributed by atoms with Gasteiger partial charge in [-0.15, -0.1) is 0 Å². The highest BCUT2D eigenvalue weighted by atomic mass is 79.9. The molecular weight excluding hydrogens is 412 g/mol. The Morgan fingerprint density at radius 3 is 1.79 bits per heavy atom. The largest absolute Gasteiger partial charge is 0.291 e. The lowest BCUT2D eigenvalue weighted by atomic mass is 10.2. The smallest absolute Gasteiger partial charge is 0.237 e. The van der Waals surface area contributed by atoms with Crippen LogP contribution in [0.2, 0.25) is 0 Å². The first-order chi connectivity index (χ1) is 13.8. The molecule has 0 radical (unpaired) electrons. The van der Waals surface area contributed by atoms with Crippen LogP contribution < -0.4 is 0 Å². The second-order valence-electron chi connectivity index (χ2n) is 6.45. The van der Waals surface area contributed by atoms with E-state index in [9.17, 15) is 0 Å². The van der Waals surface area contributed by atoms with Gasteiger partial charge in [0.1, 0.15) is 0 Å². The van der Waals surface area contributed by atoms with Crippen molar-refractivity contribution in [1.29, 1.82) is 0 Å². The molecule has 4 nitrogen and oxygen atoms in total. The second kappa shape index (κ2) is 7.02. The van der Waals surface area contributed by atoms with Gasteiger partial charge in [-0.05, 0) is 17.5 Å². The molecule has 3 aromatic carbocycles. The van der Waals surface area contributed by atoms with Gasteiger partial charge in [-0.3, -0.25) is 4.57 Å². The zero-order valence-electron chi connectivity index (χ0n) is 14.8. The van der Waals surface area contributed by atoms with Crippen molar-refractivity contribution in [1.82, 2.24) is 19.5 Å². The van der Waals surface area contributed by atoms with Gasteiger partial charge >= 0.3 is 0 Å². The topological polar surface area (TPSA) is 43.6 Å². The maximum atomic E-state index is 4.75. The van der Waals surface area contributed by atoms with E-state index in [1.807, 2.05) is 83.7 Å². The fourth-order valence-electron chi connectivity index (χ4n) is 3.14. The molecule has 5 rings (SSSR count). The molecule has 5 aromatic rings. The van der Waals surface area contributed by atoms with E-state index >= 15 is 0 Å². The van der Waals surface area contributed by atoms with Gasteiger partial charge in [0.25, 0.3) is 0 Å². The first-order valence-corrected chi connectivity index (χ1v) is 9.70. The van der Waals surface area contributed by atoms with Crippen LogP contribution in [0.15, 0.2) is 95.7 Å². The summed E-state index contributed by atoms with van der Waals surface area (Å²) in [6.07, 6.45) is 4.08. The quantitative estimate of drug-likeness (QED) is 0.360. The first kappa shape index (κ1) is 16.8. The van der Waals surface area contributed by atoms with Crippen LogP contribution in [-0.2, 0) is 0 Å². The summed E-state index contributed by atoms with van der Waals surface area (Å²) in [6.45, 7) is 0. The van der Waals surface area contributed by atoms with Crippen LogP contribution in [0.1, 0.15) is 0 Å². The lowest BCUT2D eigenvalue weighted by Crippen LogP contribution is -2.04. The normalized spacial score (nSPS) is 11.0. The van der Waals surface area contributed by atoms with Gasteiger partial charge in [-0.25, -0.2) is 4.98 Å². The first-order valence-electron chi connectivity index (χ1n) is 8.91. The number of nitrogens with zero attached hydrogens (tertiary/aromatic N) is 4. The molecule has 0 atom stereocenters. The Morgan fingerprint density at radius 2 is 1.18 bits per heavy atom. The summed E-state index contributed by atoms with van der Waals surface area (Å²) in [5.74, 6) is 1.91. The molecule has 0 bridgehead atoms. The number of hydrogen-bond acceptors (Lipinski definition) is 3. The monoisotopic (exact) mass is 426 g/mol. The Bertz CT molecular complexity index is 1210. The molecule has 0 unspecified atom stereocenters. The van der Waals surface area contributed by atoms with Crippen molar-refractivity contribution in [2.45, 2.75) is 0 Å². The van der Waals surface area contributed by atoms with Gasteiger partial charge in [0.05, 0.1) is 0 Å². The minimum atomic E-state index is 0.597. The van der Waals surface area contributed by atoms with Crippen LogP contribution >= 0.6 is 15.9 Å². The summed E-state index contributed by atoms with van der Waals surface area (Å²) in [5, 5.41) is 2.25. The minimum Gasteiger partial charge on any atom is -0.291 e. The van der Waals surface area contributed by atoms with Gasteiger partial charge in [0, 0.05) is 33.4 Å². The maximum Gasteiger partial charge on any atom is 0.237 e. The van der Waals surface area contributed by atoms with E-state index in [1.54, 1.807) is 0 Å². The standard InChI is InChI=1S/C23H15BrN4/c24-20-12-11-18-14-28(15-19(18)13-20)23-26-21(16-7-3-1-4-8-16)25-22(27-23)17-9-5-2-6-10-17/h1-15H. The number of halogens is 1. The van der Waals surface area contributed by atoms with E-state index < -0.39 is 0 Å². The number of hydrogen-bond donors (Lipinski definition) is 0. The van der Waals surface area contributed by atoms with E-state index in [4.69, 9.17) is 15.0 Å². The summed E-state index contributed by atoms with van der Waals surface area (Å²) in [4.78, 5) is 14.2. The Kier molecular flexibility index (Phi) is 4.22. The lowest BCUT2D eigenvalue weighted by Gasteiger charge is -2.08. The molecule has 0 saturated carbocycles. The van der Waals surface area contributed by atoms with Crippen molar-refractivity contribution in [2.24, 2.45) is 0 Å². The van der Waals surface area contributed by atoms with E-state index in [0.29, 0.717) is 17.6 Å². The highest BCUT2D eigenvalue weighted by Gasteiger charge is 2.12. The second-order valence-corrected chi connectivity index (χ2v) is 7.37. The van der Waals surface area contributed by atoms with Gasteiger partial charge in [-0.1, -0.05) is 82.7 Å². The molecule has 0 aliphatic carbocycles. The Morgan fingerprint density at radius 1 is 0.607 bits per heavy atom. The molecule has 0 fully saturated rings. The number of fused-ring (bicyclic) bond motifs is 1. The van der Waals surface area contributed by atoms with Gasteiger partial charge < -0.3 is 0 Å². The molecule has 134 valence electrons. The number of aromatic nitrogens is 4. The average molecular weight is 427 g/mol. The third-order valence-corrected chi connectivity index (χ3v) is 5.02. The SMILES string of the molecule is Brc1ccc2cn(-c3nc(-c4ccccc4)nc(-c4ccccc4)n3)cc2c1. The van der Waals surface area contributed by atoms with Crippen LogP contribution in [0, 0.1) is 0 Å². The summed E-state index contributed by atoms with van der Waals surface area (Å²) in [7, 11) is 0. The van der Waals surface area contributed by atoms with E-state index in [-0.39, 0.29) is 0 Å². The molecule has 0 aliphatic heterocycles. The Hall–Kier alpha value is -3.31. The number of benzene rings is 3. The fraction of sp³-hybridized carbons (Fsp3) is 0. The third-order valence-electron chi connectivity index (χ3n) is 4.52. The molecular formula is C23H15BrN4. The van der Waals surface area contributed by atoms with Crippen LogP contribution in [0.25, 0.3) is 39.5 Å². The minimum absolute atomic E-state index is 0.597. The number of rotatable bonds is 3. The average Bonchev–Trinajstić information content (AvgIpc) is 3.18. The molecule has 0 saturated heterocycles. The molecule has 0 spiro atoms. The maximum absolute atomic E-state index is 4.75. The highest BCUT2D eigenvalue weighted by Crippen LogP contribution is 2.25. The lowest BCUT2D eigenvalue weighted by molar-refractivity contribution is 0.915. The molecule has 0 N–H and O–H groups in total. The summed E-state index contributed by atoms with van der Waals surface area (Å²) >= 11 is 3.53. The van der Waals surface area contributed by atoms with Crippen LogP contribution in [-0.4, -0.2) is 19.5 Å². The third kappa shape index (κ3) is 3.21. The van der Waals surface area contributed by atoms with E-state index in [0.717, 1.165) is 26.4 Å². The molecule has 5 heteroatoms. The summed E-state index contributed by atoms with van der Waals surface area (Å²) in [6, 6.07) is 26.2. The molecule has 0 aliphatic rings. The van der Waals surface area contributed by atoms with Crippen LogP contribution in [0.5, 0.6) is 0 Å². The Balaban J connectivity index is 1.72. The predicted octanol–water partition coefficient (Wildman–Crippen LogP) is 5.91. The van der Waals surface area contributed by atoms with E-state index in [1.165, 1.54) is 0 Å². The van der Waals surface area contributed by atoms with Gasteiger partial charge in [-0.2, -0.15) is 9.97 Å². The highest BCUT2D eigenvalue weighted by molar-refractivity contribution is 9.10. The van der Waals surface area contributed by atoms with Crippen LogP contribution in [0.3, 0.4) is 0 Å². The Labute approximate surface area is 170 Å². The summed E-state index contributed by atoms with van der Waals surface area (Å²) < 4.78 is 3.00. The molecule has 28 heavy (non-hydrogen) atoms. The molecule has 0 amide bonds. The van der Waals surface area contributed by atoms with Crippen molar-refractivity contribution < 1.29 is 0 Å². The zero-order valence-corrected chi connectivity index (χ0v) is 16.4. The van der Waals surface area contributed by atoms with Crippen molar-refractivity contribution in [3.05, 3.63) is 95.7 Å². The van der Waals surface area contributed by atoms with E-state index in [2.05, 4.69) is 28.1 Å². The van der Waals surface area contributed by atoms with Crippen molar-refractivity contribution in [3.63, 3.8) is 0 Å². The van der Waals surface area contributed by atoms with Crippen molar-refractivity contribution in [3.8, 4) is 28.7 Å². The van der Waals surface area contributed by atoms with Gasteiger partial charge in [0.15, 0.2) is 11.6 Å².